The van der Waals surface area contributed by atoms with Crippen LogP contribution in [-0.4, -0.2) is 30.3 Å². The highest BCUT2D eigenvalue weighted by Gasteiger charge is 2.28. The molecule has 2 atom stereocenters. The molecular formula is C6H10FNO2. The molecule has 0 aromatic carbocycles. The van der Waals surface area contributed by atoms with Crippen molar-refractivity contribution in [3.63, 3.8) is 0 Å². The first-order valence-corrected chi connectivity index (χ1v) is 3.26. The number of hydrogen-bond acceptors (Lipinski definition) is 2. The Bertz CT molecular complexity index is 140. The minimum atomic E-state index is -0.976. The Hall–Kier alpha value is -0.640. The van der Waals surface area contributed by atoms with E-state index < -0.39 is 12.1 Å². The SMILES string of the molecule is O=C(O)CC1CNCC1F. The summed E-state index contributed by atoms with van der Waals surface area (Å²) in [7, 11) is 0. The lowest BCUT2D eigenvalue weighted by Gasteiger charge is -2.06. The molecule has 2 N–H and O–H groups in total. The highest BCUT2D eigenvalue weighted by Crippen LogP contribution is 2.15. The van der Waals surface area contributed by atoms with Crippen LogP contribution in [0.15, 0.2) is 0 Å². The fourth-order valence-electron chi connectivity index (χ4n) is 1.13. The zero-order valence-corrected chi connectivity index (χ0v) is 5.51. The van der Waals surface area contributed by atoms with E-state index in [1.165, 1.54) is 0 Å². The number of rotatable bonds is 2. The van der Waals surface area contributed by atoms with Crippen molar-refractivity contribution in [1.29, 1.82) is 0 Å². The monoisotopic (exact) mass is 147 g/mol. The summed E-state index contributed by atoms with van der Waals surface area (Å²) in [4.78, 5) is 10.1. The van der Waals surface area contributed by atoms with Gasteiger partial charge in [-0.05, 0) is 0 Å². The van der Waals surface area contributed by atoms with E-state index in [1.54, 1.807) is 0 Å². The average Bonchev–Trinajstić information content (AvgIpc) is 2.15. The van der Waals surface area contributed by atoms with Crippen LogP contribution in [0, 0.1) is 5.92 Å². The first kappa shape index (κ1) is 7.47. The van der Waals surface area contributed by atoms with Gasteiger partial charge in [0.1, 0.15) is 6.17 Å². The predicted molar refractivity (Wildman–Crippen MR) is 33.5 cm³/mol. The highest BCUT2D eigenvalue weighted by molar-refractivity contribution is 5.67. The Labute approximate surface area is 58.2 Å². The molecule has 0 aromatic heterocycles. The van der Waals surface area contributed by atoms with Crippen LogP contribution >= 0.6 is 0 Å². The van der Waals surface area contributed by atoms with Gasteiger partial charge in [0, 0.05) is 19.0 Å². The molecule has 2 unspecified atom stereocenters. The van der Waals surface area contributed by atoms with Crippen molar-refractivity contribution in [1.82, 2.24) is 5.32 Å². The van der Waals surface area contributed by atoms with Gasteiger partial charge in [-0.25, -0.2) is 4.39 Å². The van der Waals surface area contributed by atoms with E-state index in [-0.39, 0.29) is 12.3 Å². The molecule has 0 aliphatic carbocycles. The molecular weight excluding hydrogens is 137 g/mol. The Kier molecular flexibility index (Phi) is 2.21. The lowest BCUT2D eigenvalue weighted by Crippen LogP contribution is -2.16. The summed E-state index contributed by atoms with van der Waals surface area (Å²) in [5.74, 6) is -1.24. The van der Waals surface area contributed by atoms with Crippen molar-refractivity contribution in [3.05, 3.63) is 0 Å². The minimum absolute atomic E-state index is 0.0613. The maximum Gasteiger partial charge on any atom is 0.303 e. The first-order valence-electron chi connectivity index (χ1n) is 3.26. The van der Waals surface area contributed by atoms with E-state index in [0.29, 0.717) is 13.1 Å². The molecule has 0 saturated carbocycles. The van der Waals surface area contributed by atoms with Crippen molar-refractivity contribution in [3.8, 4) is 0 Å². The summed E-state index contributed by atoms with van der Waals surface area (Å²) >= 11 is 0. The van der Waals surface area contributed by atoms with Gasteiger partial charge in [0.2, 0.25) is 0 Å². The molecule has 0 amide bonds. The zero-order chi connectivity index (χ0) is 7.56. The molecule has 1 rings (SSSR count). The number of aliphatic carboxylic acids is 1. The number of alkyl halides is 1. The van der Waals surface area contributed by atoms with Crippen LogP contribution in [-0.2, 0) is 4.79 Å². The van der Waals surface area contributed by atoms with Gasteiger partial charge in [-0.3, -0.25) is 4.79 Å². The molecule has 0 spiro atoms. The molecule has 58 valence electrons. The largest absolute Gasteiger partial charge is 0.481 e. The van der Waals surface area contributed by atoms with E-state index >= 15 is 0 Å². The van der Waals surface area contributed by atoms with Crippen LogP contribution < -0.4 is 5.32 Å². The second kappa shape index (κ2) is 2.96. The first-order chi connectivity index (χ1) is 4.70. The molecule has 3 nitrogen and oxygen atoms in total. The maximum absolute atomic E-state index is 12.6. The Morgan fingerprint density at radius 2 is 2.40 bits per heavy atom. The van der Waals surface area contributed by atoms with E-state index in [9.17, 15) is 9.18 Å². The summed E-state index contributed by atoms with van der Waals surface area (Å²) < 4.78 is 12.6. The van der Waals surface area contributed by atoms with E-state index in [0.717, 1.165) is 0 Å². The highest BCUT2D eigenvalue weighted by atomic mass is 19.1. The second-order valence-electron chi connectivity index (χ2n) is 2.53. The van der Waals surface area contributed by atoms with Gasteiger partial charge in [-0.15, -0.1) is 0 Å². The van der Waals surface area contributed by atoms with Crippen LogP contribution in [0.1, 0.15) is 6.42 Å². The van der Waals surface area contributed by atoms with E-state index in [2.05, 4.69) is 5.32 Å². The second-order valence-corrected chi connectivity index (χ2v) is 2.53. The molecule has 10 heavy (non-hydrogen) atoms. The van der Waals surface area contributed by atoms with E-state index in [4.69, 9.17) is 5.11 Å². The van der Waals surface area contributed by atoms with Crippen LogP contribution in [0.3, 0.4) is 0 Å². The third-order valence-electron chi connectivity index (χ3n) is 1.69. The molecule has 0 aromatic rings. The summed E-state index contributed by atoms with van der Waals surface area (Å²) in [5, 5.41) is 11.1. The molecule has 1 aliphatic rings. The van der Waals surface area contributed by atoms with Gasteiger partial charge in [0.25, 0.3) is 0 Å². The summed E-state index contributed by atoms with van der Waals surface area (Å²) in [6.07, 6.45) is -1.04. The number of carbonyl (C=O) groups is 1. The van der Waals surface area contributed by atoms with Crippen molar-refractivity contribution in [2.24, 2.45) is 5.92 Å². The third-order valence-corrected chi connectivity index (χ3v) is 1.69. The van der Waals surface area contributed by atoms with Gasteiger partial charge >= 0.3 is 5.97 Å². The van der Waals surface area contributed by atoms with Gasteiger partial charge in [-0.1, -0.05) is 0 Å². The van der Waals surface area contributed by atoms with Crippen LogP contribution in [0.2, 0.25) is 0 Å². The Morgan fingerprint density at radius 1 is 1.70 bits per heavy atom. The number of nitrogens with one attached hydrogen (secondary N) is 1. The van der Waals surface area contributed by atoms with Crippen molar-refractivity contribution in [2.75, 3.05) is 13.1 Å². The van der Waals surface area contributed by atoms with Crippen molar-refractivity contribution in [2.45, 2.75) is 12.6 Å². The average molecular weight is 147 g/mol. The maximum atomic E-state index is 12.6. The molecule has 4 heteroatoms. The van der Waals surface area contributed by atoms with Gasteiger partial charge < -0.3 is 10.4 Å². The number of hydrogen-bond donors (Lipinski definition) is 2. The summed E-state index contributed by atoms with van der Waals surface area (Å²) in [6.45, 7) is 0.797. The number of carboxylic acid groups (broad SMARTS) is 1. The Morgan fingerprint density at radius 3 is 2.80 bits per heavy atom. The van der Waals surface area contributed by atoms with Gasteiger partial charge in [0.05, 0.1) is 6.42 Å². The molecule has 0 radical (unpaired) electrons. The fraction of sp³-hybridized carbons (Fsp3) is 0.833. The molecule has 1 aliphatic heterocycles. The van der Waals surface area contributed by atoms with Gasteiger partial charge in [-0.2, -0.15) is 0 Å². The topological polar surface area (TPSA) is 49.3 Å². The lowest BCUT2D eigenvalue weighted by atomic mass is 10.0. The molecule has 1 fully saturated rings. The van der Waals surface area contributed by atoms with Crippen molar-refractivity contribution >= 4 is 5.97 Å². The lowest BCUT2D eigenvalue weighted by molar-refractivity contribution is -0.138. The van der Waals surface area contributed by atoms with Crippen LogP contribution in [0.4, 0.5) is 4.39 Å². The number of carboxylic acids is 1. The zero-order valence-electron chi connectivity index (χ0n) is 5.51. The predicted octanol–water partition coefficient (Wildman–Crippen LogP) is 0.0186. The molecule has 1 heterocycles. The fourth-order valence-corrected chi connectivity index (χ4v) is 1.13. The van der Waals surface area contributed by atoms with Gasteiger partial charge in [0.15, 0.2) is 0 Å². The van der Waals surface area contributed by atoms with Crippen LogP contribution in [0.5, 0.6) is 0 Å². The molecule has 0 bridgehead atoms. The van der Waals surface area contributed by atoms with Crippen molar-refractivity contribution < 1.29 is 14.3 Å². The quantitative estimate of drug-likeness (QED) is 0.578. The van der Waals surface area contributed by atoms with Crippen LogP contribution in [0.25, 0.3) is 0 Å². The Balaban J connectivity index is 2.33. The summed E-state index contributed by atoms with van der Waals surface area (Å²) in [5.41, 5.74) is 0. The minimum Gasteiger partial charge on any atom is -0.481 e. The standard InChI is InChI=1S/C6H10FNO2/c7-5-3-8-2-4(5)1-6(9)10/h4-5,8H,1-3H2,(H,9,10). The smallest absolute Gasteiger partial charge is 0.303 e. The molecule has 1 saturated heterocycles. The number of halogens is 1. The van der Waals surface area contributed by atoms with E-state index in [1.807, 2.05) is 0 Å². The normalized spacial score (nSPS) is 32.5. The summed E-state index contributed by atoms with van der Waals surface area (Å²) in [6, 6.07) is 0. The third kappa shape index (κ3) is 1.67.